The Hall–Kier alpha value is -0.620. The Morgan fingerprint density at radius 2 is 1.73 bits per heavy atom. The Balaban J connectivity index is 4.91. The highest BCUT2D eigenvalue weighted by Gasteiger charge is 2.30. The van der Waals surface area contributed by atoms with Crippen LogP contribution in [0.5, 0.6) is 0 Å². The number of hydrogen-bond donors (Lipinski definition) is 0. The fourth-order valence-corrected chi connectivity index (χ4v) is 2.44. The van der Waals surface area contributed by atoms with Crippen LogP contribution in [0.3, 0.4) is 0 Å². The van der Waals surface area contributed by atoms with E-state index < -0.39 is 21.2 Å². The lowest BCUT2D eigenvalue weighted by Gasteiger charge is -2.26. The van der Waals surface area contributed by atoms with Gasteiger partial charge in [0.15, 0.2) is 0 Å². The second kappa shape index (κ2) is 5.46. The molecule has 0 fully saturated rings. The normalized spacial score (nSPS) is 12.5. The molecule has 15 heavy (non-hydrogen) atoms. The fourth-order valence-electron chi connectivity index (χ4n) is 1.03. The average molecular weight is 237 g/mol. The van der Waals surface area contributed by atoms with Crippen molar-refractivity contribution in [2.75, 3.05) is 13.7 Å². The highest BCUT2D eigenvalue weighted by molar-refractivity contribution is 7.89. The topological polar surface area (TPSA) is 63.7 Å². The van der Waals surface area contributed by atoms with Crippen LogP contribution in [0.2, 0.25) is 0 Å². The molecular weight excluding hydrogens is 218 g/mol. The first-order chi connectivity index (χ1) is 6.73. The summed E-state index contributed by atoms with van der Waals surface area (Å²) in [5, 5.41) is -0.537. The number of sulfonamides is 1. The zero-order valence-electron chi connectivity index (χ0n) is 9.85. The van der Waals surface area contributed by atoms with E-state index in [2.05, 4.69) is 4.74 Å². The Labute approximate surface area is 91.5 Å². The van der Waals surface area contributed by atoms with E-state index in [1.165, 1.54) is 7.11 Å². The highest BCUT2D eigenvalue weighted by atomic mass is 32.2. The summed E-state index contributed by atoms with van der Waals surface area (Å²) in [6.45, 7) is 6.39. The van der Waals surface area contributed by atoms with Gasteiger partial charge in [-0.25, -0.2) is 8.42 Å². The van der Waals surface area contributed by atoms with Crippen molar-refractivity contribution >= 4 is 16.0 Å². The number of nitrogens with zero attached hydrogens (tertiary/aromatic N) is 1. The molecule has 5 nitrogen and oxygen atoms in total. The quantitative estimate of drug-likeness (QED) is 0.657. The van der Waals surface area contributed by atoms with Crippen LogP contribution in [0.15, 0.2) is 0 Å². The van der Waals surface area contributed by atoms with Crippen LogP contribution in [0.1, 0.15) is 27.7 Å². The van der Waals surface area contributed by atoms with Crippen LogP contribution >= 0.6 is 0 Å². The summed E-state index contributed by atoms with van der Waals surface area (Å²) < 4.78 is 29.3. The molecule has 0 atom stereocenters. The first-order valence-electron chi connectivity index (χ1n) is 4.81. The van der Waals surface area contributed by atoms with E-state index in [1.54, 1.807) is 27.7 Å². The van der Waals surface area contributed by atoms with Crippen molar-refractivity contribution in [1.82, 2.24) is 4.31 Å². The van der Waals surface area contributed by atoms with Gasteiger partial charge in [-0.3, -0.25) is 4.79 Å². The van der Waals surface area contributed by atoms with Crippen molar-refractivity contribution in [1.29, 1.82) is 0 Å². The van der Waals surface area contributed by atoms with Gasteiger partial charge in [0.1, 0.15) is 6.54 Å². The predicted molar refractivity (Wildman–Crippen MR) is 57.9 cm³/mol. The van der Waals surface area contributed by atoms with Crippen LogP contribution in [0, 0.1) is 0 Å². The van der Waals surface area contributed by atoms with E-state index >= 15 is 0 Å². The molecule has 0 aromatic carbocycles. The number of rotatable bonds is 5. The minimum absolute atomic E-state index is 0.227. The molecule has 0 aliphatic heterocycles. The van der Waals surface area contributed by atoms with Gasteiger partial charge in [0, 0.05) is 6.04 Å². The van der Waals surface area contributed by atoms with Crippen LogP contribution in [0.4, 0.5) is 0 Å². The van der Waals surface area contributed by atoms with Crippen molar-refractivity contribution in [3.63, 3.8) is 0 Å². The molecular formula is C9H19NO4S. The minimum atomic E-state index is -3.41. The monoisotopic (exact) mass is 237 g/mol. The van der Waals surface area contributed by atoms with Crippen LogP contribution in [-0.2, 0) is 19.6 Å². The molecule has 90 valence electrons. The molecule has 6 heteroatoms. The third kappa shape index (κ3) is 3.79. The van der Waals surface area contributed by atoms with Crippen LogP contribution in [0.25, 0.3) is 0 Å². The van der Waals surface area contributed by atoms with Gasteiger partial charge in [0.25, 0.3) is 0 Å². The number of hydrogen-bond acceptors (Lipinski definition) is 4. The van der Waals surface area contributed by atoms with Gasteiger partial charge < -0.3 is 4.74 Å². The first kappa shape index (κ1) is 14.4. The second-order valence-corrected chi connectivity index (χ2v) is 6.25. The number of carbonyl (C=O) groups excluding carboxylic acids is 1. The van der Waals surface area contributed by atoms with Gasteiger partial charge in [-0.05, 0) is 27.7 Å². The third-order valence-electron chi connectivity index (χ3n) is 2.01. The highest BCUT2D eigenvalue weighted by Crippen LogP contribution is 2.12. The SMILES string of the molecule is COC(=O)CN(C(C)C)S(=O)(=O)C(C)C. The Morgan fingerprint density at radius 3 is 2.00 bits per heavy atom. The van der Waals surface area contributed by atoms with Gasteiger partial charge in [-0.1, -0.05) is 0 Å². The maximum absolute atomic E-state index is 11.8. The molecule has 0 unspecified atom stereocenters. The number of methoxy groups -OCH3 is 1. The Kier molecular flexibility index (Phi) is 5.23. The Morgan fingerprint density at radius 1 is 1.27 bits per heavy atom. The lowest BCUT2D eigenvalue weighted by atomic mass is 10.4. The lowest BCUT2D eigenvalue weighted by molar-refractivity contribution is -0.141. The van der Waals surface area contributed by atoms with Gasteiger partial charge in [-0.15, -0.1) is 0 Å². The van der Waals surface area contributed by atoms with E-state index in [9.17, 15) is 13.2 Å². The predicted octanol–water partition coefficient (Wildman–Crippen LogP) is 0.608. The molecule has 0 aliphatic rings. The van der Waals surface area contributed by atoms with Crippen molar-refractivity contribution in [2.24, 2.45) is 0 Å². The summed E-state index contributed by atoms with van der Waals surface area (Å²) in [5.41, 5.74) is 0. The molecule has 0 aromatic heterocycles. The summed E-state index contributed by atoms with van der Waals surface area (Å²) in [6, 6.07) is -0.253. The van der Waals surface area contributed by atoms with Gasteiger partial charge in [0.2, 0.25) is 10.0 Å². The molecule has 0 saturated heterocycles. The smallest absolute Gasteiger partial charge is 0.321 e. The van der Waals surface area contributed by atoms with Gasteiger partial charge >= 0.3 is 5.97 Å². The van der Waals surface area contributed by atoms with Crippen molar-refractivity contribution in [3.05, 3.63) is 0 Å². The minimum Gasteiger partial charge on any atom is -0.468 e. The van der Waals surface area contributed by atoms with Crippen LogP contribution in [-0.4, -0.2) is 43.6 Å². The van der Waals surface area contributed by atoms with Gasteiger partial charge in [-0.2, -0.15) is 4.31 Å². The Bertz CT molecular complexity index is 308. The molecule has 0 aliphatic carbocycles. The third-order valence-corrected chi connectivity index (χ3v) is 4.41. The molecule has 0 radical (unpaired) electrons. The molecule has 0 aromatic rings. The van der Waals surface area contributed by atoms with Crippen molar-refractivity contribution in [2.45, 2.75) is 39.0 Å². The summed E-state index contributed by atoms with van der Waals surface area (Å²) in [5.74, 6) is -0.548. The molecule has 0 bridgehead atoms. The number of carbonyl (C=O) groups is 1. The van der Waals surface area contributed by atoms with Gasteiger partial charge in [0.05, 0.1) is 12.4 Å². The molecule has 0 saturated carbocycles. The van der Waals surface area contributed by atoms with Crippen molar-refractivity contribution in [3.8, 4) is 0 Å². The zero-order valence-corrected chi connectivity index (χ0v) is 10.7. The average Bonchev–Trinajstić information content (AvgIpc) is 2.12. The summed E-state index contributed by atoms with van der Waals surface area (Å²) in [4.78, 5) is 11.1. The molecule has 0 rings (SSSR count). The van der Waals surface area contributed by atoms with E-state index in [0.717, 1.165) is 4.31 Å². The lowest BCUT2D eigenvalue weighted by Crippen LogP contribution is -2.44. The zero-order chi connectivity index (χ0) is 12.2. The second-order valence-electron chi connectivity index (χ2n) is 3.81. The van der Waals surface area contributed by atoms with E-state index in [1.807, 2.05) is 0 Å². The molecule has 0 spiro atoms. The summed E-state index contributed by atoms with van der Waals surface area (Å²) >= 11 is 0. The largest absolute Gasteiger partial charge is 0.468 e. The molecule has 0 heterocycles. The number of esters is 1. The fraction of sp³-hybridized carbons (Fsp3) is 0.889. The van der Waals surface area contributed by atoms with E-state index in [0.29, 0.717) is 0 Å². The van der Waals surface area contributed by atoms with Crippen molar-refractivity contribution < 1.29 is 17.9 Å². The number of ether oxygens (including phenoxy) is 1. The van der Waals surface area contributed by atoms with Crippen LogP contribution < -0.4 is 0 Å². The molecule has 0 amide bonds. The first-order valence-corrected chi connectivity index (χ1v) is 6.31. The summed E-state index contributed by atoms with van der Waals surface area (Å²) in [6.07, 6.45) is 0. The molecule has 0 N–H and O–H groups in total. The summed E-state index contributed by atoms with van der Waals surface area (Å²) in [7, 11) is -2.17. The van der Waals surface area contributed by atoms with E-state index in [-0.39, 0.29) is 12.6 Å². The maximum Gasteiger partial charge on any atom is 0.321 e. The van der Waals surface area contributed by atoms with E-state index in [4.69, 9.17) is 0 Å². The standard InChI is InChI=1S/C9H19NO4S/c1-7(2)10(6-9(11)14-5)15(12,13)8(3)4/h7-8H,6H2,1-5H3. The maximum atomic E-state index is 11.8.